The van der Waals surface area contributed by atoms with E-state index in [1.165, 1.54) is 17.5 Å². The van der Waals surface area contributed by atoms with Crippen LogP contribution in [0.1, 0.15) is 28.0 Å². The summed E-state index contributed by atoms with van der Waals surface area (Å²) in [6.07, 6.45) is 4.96. The molecular formula is C16H16BrN3O3. The Morgan fingerprint density at radius 2 is 2.00 bits per heavy atom. The van der Waals surface area contributed by atoms with Crippen LogP contribution in [-0.4, -0.2) is 23.4 Å². The number of hydrogen-bond acceptors (Lipinski definition) is 3. The third-order valence-electron chi connectivity index (χ3n) is 3.65. The molecule has 0 unspecified atom stereocenters. The number of aromatic nitrogens is 1. The Balaban J connectivity index is 1.45. The maximum atomic E-state index is 11.7. The average Bonchev–Trinajstić information content (AvgIpc) is 3.18. The summed E-state index contributed by atoms with van der Waals surface area (Å²) in [5.74, 6) is -0.188. The fourth-order valence-electron chi connectivity index (χ4n) is 2.52. The monoisotopic (exact) mass is 377 g/mol. The molecule has 0 radical (unpaired) electrons. The highest BCUT2D eigenvalue weighted by atomic mass is 79.9. The van der Waals surface area contributed by atoms with Crippen molar-refractivity contribution >= 4 is 27.7 Å². The van der Waals surface area contributed by atoms with Gasteiger partial charge in [0.2, 0.25) is 0 Å². The number of fused-ring (bicyclic) bond motifs is 1. The minimum absolute atomic E-state index is 0.159. The van der Waals surface area contributed by atoms with Crippen molar-refractivity contribution in [1.29, 1.82) is 0 Å². The van der Waals surface area contributed by atoms with E-state index >= 15 is 0 Å². The molecule has 0 aliphatic heterocycles. The lowest BCUT2D eigenvalue weighted by molar-refractivity contribution is -0.123. The lowest BCUT2D eigenvalue weighted by atomic mass is 10.1. The number of ether oxygens (including phenoxy) is 1. The van der Waals surface area contributed by atoms with Crippen LogP contribution in [0.4, 0.5) is 0 Å². The summed E-state index contributed by atoms with van der Waals surface area (Å²) in [6, 6.07) is 7.50. The molecule has 1 heterocycles. The van der Waals surface area contributed by atoms with Crippen LogP contribution in [0.25, 0.3) is 0 Å². The van der Waals surface area contributed by atoms with Crippen molar-refractivity contribution in [3.63, 3.8) is 0 Å². The molecule has 0 spiro atoms. The third-order valence-corrected chi connectivity index (χ3v) is 4.11. The number of hydrazine groups is 1. The van der Waals surface area contributed by atoms with E-state index in [2.05, 4.69) is 31.8 Å². The van der Waals surface area contributed by atoms with Crippen LogP contribution >= 0.6 is 15.9 Å². The summed E-state index contributed by atoms with van der Waals surface area (Å²) in [5.41, 5.74) is 7.62. The highest BCUT2D eigenvalue weighted by Crippen LogP contribution is 2.25. The van der Waals surface area contributed by atoms with E-state index in [4.69, 9.17) is 4.74 Å². The number of benzene rings is 1. The van der Waals surface area contributed by atoms with E-state index in [0.717, 1.165) is 17.3 Å². The normalized spacial score (nSPS) is 12.6. The minimum atomic E-state index is -0.429. The van der Waals surface area contributed by atoms with Crippen LogP contribution in [0, 0.1) is 0 Å². The maximum absolute atomic E-state index is 11.7. The number of nitrogens with one attached hydrogen (secondary N) is 3. The molecule has 0 fully saturated rings. The standard InChI is InChI=1S/C16H16BrN3O3/c17-12-7-14(18-8-12)16(22)20-19-15(21)9-23-13-5-4-10-2-1-3-11(10)6-13/h4-8,18H,1-3,9H2,(H,19,21)(H,20,22). The Hall–Kier alpha value is -2.28. The Bertz CT molecular complexity index is 742. The number of amides is 2. The predicted octanol–water partition coefficient (Wildman–Crippen LogP) is 2.11. The largest absolute Gasteiger partial charge is 0.484 e. The van der Waals surface area contributed by atoms with Crippen molar-refractivity contribution in [3.05, 3.63) is 51.8 Å². The van der Waals surface area contributed by atoms with Crippen LogP contribution < -0.4 is 15.6 Å². The lowest BCUT2D eigenvalue weighted by Gasteiger charge is -2.09. The number of aryl methyl sites for hydroxylation is 2. The molecular weight excluding hydrogens is 362 g/mol. The van der Waals surface area contributed by atoms with Crippen LogP contribution in [0.15, 0.2) is 34.9 Å². The van der Waals surface area contributed by atoms with Crippen molar-refractivity contribution < 1.29 is 14.3 Å². The van der Waals surface area contributed by atoms with E-state index in [1.54, 1.807) is 12.3 Å². The first-order valence-corrected chi connectivity index (χ1v) is 8.09. The predicted molar refractivity (Wildman–Crippen MR) is 88.1 cm³/mol. The average molecular weight is 378 g/mol. The van der Waals surface area contributed by atoms with E-state index in [9.17, 15) is 9.59 Å². The molecule has 0 saturated heterocycles. The molecule has 120 valence electrons. The lowest BCUT2D eigenvalue weighted by Crippen LogP contribution is -2.43. The Morgan fingerprint density at radius 1 is 1.17 bits per heavy atom. The number of aromatic amines is 1. The molecule has 2 aromatic rings. The van der Waals surface area contributed by atoms with Gasteiger partial charge in [-0.1, -0.05) is 6.07 Å². The molecule has 3 rings (SSSR count). The molecule has 3 N–H and O–H groups in total. The Kier molecular flexibility index (Phi) is 4.66. The van der Waals surface area contributed by atoms with Gasteiger partial charge in [-0.25, -0.2) is 0 Å². The number of H-pyrrole nitrogens is 1. The molecule has 0 atom stereocenters. The van der Waals surface area contributed by atoms with Gasteiger partial charge in [-0.3, -0.25) is 20.4 Å². The summed E-state index contributed by atoms with van der Waals surface area (Å²) < 4.78 is 6.21. The number of hydrogen-bond donors (Lipinski definition) is 3. The van der Waals surface area contributed by atoms with Crippen LogP contribution in [-0.2, 0) is 17.6 Å². The summed E-state index contributed by atoms with van der Waals surface area (Å²) in [4.78, 5) is 26.2. The minimum Gasteiger partial charge on any atom is -0.484 e. The molecule has 1 aliphatic rings. The molecule has 0 saturated carbocycles. The second-order valence-electron chi connectivity index (χ2n) is 5.31. The van der Waals surface area contributed by atoms with Gasteiger partial charge >= 0.3 is 0 Å². The molecule has 7 heteroatoms. The second-order valence-corrected chi connectivity index (χ2v) is 6.22. The number of rotatable bonds is 4. The summed E-state index contributed by atoms with van der Waals surface area (Å²) in [5, 5.41) is 0. The van der Waals surface area contributed by atoms with Crippen molar-refractivity contribution in [2.45, 2.75) is 19.3 Å². The van der Waals surface area contributed by atoms with Crippen LogP contribution in [0.5, 0.6) is 5.75 Å². The maximum Gasteiger partial charge on any atom is 0.286 e. The molecule has 23 heavy (non-hydrogen) atoms. The molecule has 1 aliphatic carbocycles. The van der Waals surface area contributed by atoms with Gasteiger partial charge in [0, 0.05) is 10.7 Å². The zero-order chi connectivity index (χ0) is 16.2. The van der Waals surface area contributed by atoms with E-state index in [1.807, 2.05) is 18.2 Å². The van der Waals surface area contributed by atoms with Gasteiger partial charge < -0.3 is 9.72 Å². The molecule has 2 amide bonds. The number of carbonyl (C=O) groups excluding carboxylic acids is 2. The fourth-order valence-corrected chi connectivity index (χ4v) is 2.86. The van der Waals surface area contributed by atoms with Gasteiger partial charge in [0.25, 0.3) is 11.8 Å². The summed E-state index contributed by atoms with van der Waals surface area (Å²) in [7, 11) is 0. The quantitative estimate of drug-likeness (QED) is 0.713. The van der Waals surface area contributed by atoms with E-state index in [-0.39, 0.29) is 6.61 Å². The molecule has 1 aromatic carbocycles. The van der Waals surface area contributed by atoms with Gasteiger partial charge in [0.15, 0.2) is 6.61 Å². The zero-order valence-electron chi connectivity index (χ0n) is 12.3. The highest BCUT2D eigenvalue weighted by Gasteiger charge is 2.12. The van der Waals surface area contributed by atoms with Gasteiger partial charge in [-0.2, -0.15) is 0 Å². The van der Waals surface area contributed by atoms with E-state index in [0.29, 0.717) is 11.4 Å². The van der Waals surface area contributed by atoms with Crippen molar-refractivity contribution in [3.8, 4) is 5.75 Å². The van der Waals surface area contributed by atoms with E-state index < -0.39 is 11.8 Å². The zero-order valence-corrected chi connectivity index (χ0v) is 13.9. The van der Waals surface area contributed by atoms with Crippen molar-refractivity contribution in [2.24, 2.45) is 0 Å². The van der Waals surface area contributed by atoms with Gasteiger partial charge in [-0.15, -0.1) is 0 Å². The molecule has 6 nitrogen and oxygen atoms in total. The molecule has 0 bridgehead atoms. The van der Waals surface area contributed by atoms with Crippen LogP contribution in [0.3, 0.4) is 0 Å². The fraction of sp³-hybridized carbons (Fsp3) is 0.250. The first-order valence-electron chi connectivity index (χ1n) is 7.29. The summed E-state index contributed by atoms with van der Waals surface area (Å²) >= 11 is 3.23. The Morgan fingerprint density at radius 3 is 2.78 bits per heavy atom. The van der Waals surface area contributed by atoms with Gasteiger partial charge in [0.1, 0.15) is 11.4 Å². The summed E-state index contributed by atoms with van der Waals surface area (Å²) in [6.45, 7) is -0.159. The first kappa shape index (κ1) is 15.6. The number of halogens is 1. The second kappa shape index (κ2) is 6.87. The number of carbonyl (C=O) groups is 2. The van der Waals surface area contributed by atoms with Crippen molar-refractivity contribution in [1.82, 2.24) is 15.8 Å². The SMILES string of the molecule is O=C(COc1ccc2c(c1)CCC2)NNC(=O)c1cc(Br)c[nH]1. The molecule has 1 aromatic heterocycles. The van der Waals surface area contributed by atoms with Crippen LogP contribution in [0.2, 0.25) is 0 Å². The topological polar surface area (TPSA) is 83.2 Å². The third kappa shape index (κ3) is 3.92. The van der Waals surface area contributed by atoms with Gasteiger partial charge in [-0.05, 0) is 64.5 Å². The van der Waals surface area contributed by atoms with Crippen molar-refractivity contribution in [2.75, 3.05) is 6.61 Å². The Labute approximate surface area is 141 Å². The van der Waals surface area contributed by atoms with Gasteiger partial charge in [0.05, 0.1) is 0 Å². The highest BCUT2D eigenvalue weighted by molar-refractivity contribution is 9.10. The first-order chi connectivity index (χ1) is 11.1. The smallest absolute Gasteiger partial charge is 0.286 e.